The zero-order valence-electron chi connectivity index (χ0n) is 22.3. The SMILES string of the molecule is Cn1c(-c2cc3cccc4c3n2CCO4)nc2cc(C(=O)N3CCC[C@@H](NC(=O)OC(C)(C)C)C3)ccc21. The Bertz CT molecular complexity index is 1560. The molecule has 2 aromatic heterocycles. The number of para-hydroxylation sites is 1. The minimum Gasteiger partial charge on any atom is -0.490 e. The van der Waals surface area contributed by atoms with Crippen molar-refractivity contribution in [3.63, 3.8) is 0 Å². The van der Waals surface area contributed by atoms with Crippen molar-refractivity contribution < 1.29 is 19.1 Å². The number of benzene rings is 2. The number of nitrogens with zero attached hydrogens (tertiary/aromatic N) is 4. The third-order valence-corrected chi connectivity index (χ3v) is 7.24. The second kappa shape index (κ2) is 9.08. The third-order valence-electron chi connectivity index (χ3n) is 7.24. The van der Waals surface area contributed by atoms with E-state index >= 15 is 0 Å². The predicted molar refractivity (Wildman–Crippen MR) is 145 cm³/mol. The van der Waals surface area contributed by atoms with E-state index in [-0.39, 0.29) is 11.9 Å². The Balaban J connectivity index is 1.26. The van der Waals surface area contributed by atoms with Crippen molar-refractivity contribution in [1.82, 2.24) is 24.3 Å². The molecule has 0 bridgehead atoms. The van der Waals surface area contributed by atoms with Crippen molar-refractivity contribution in [3.05, 3.63) is 48.0 Å². The first-order valence-electron chi connectivity index (χ1n) is 13.2. The molecule has 1 N–H and O–H groups in total. The molecule has 2 amide bonds. The molecule has 0 spiro atoms. The van der Waals surface area contributed by atoms with Gasteiger partial charge in [0.05, 0.1) is 28.8 Å². The maximum absolute atomic E-state index is 13.5. The third kappa shape index (κ3) is 4.36. The van der Waals surface area contributed by atoms with Gasteiger partial charge in [-0.05, 0) is 63.9 Å². The lowest BCUT2D eigenvalue weighted by Crippen LogP contribution is -2.50. The molecular weight excluding hydrogens is 482 g/mol. The summed E-state index contributed by atoms with van der Waals surface area (Å²) in [7, 11) is 2.01. The second-order valence-electron chi connectivity index (χ2n) is 11.2. The summed E-state index contributed by atoms with van der Waals surface area (Å²) < 4.78 is 15.6. The van der Waals surface area contributed by atoms with Crippen LogP contribution in [0.3, 0.4) is 0 Å². The summed E-state index contributed by atoms with van der Waals surface area (Å²) >= 11 is 0. The summed E-state index contributed by atoms with van der Waals surface area (Å²) in [6, 6.07) is 13.8. The number of amides is 2. The van der Waals surface area contributed by atoms with Gasteiger partial charge in [-0.15, -0.1) is 0 Å². The Morgan fingerprint density at radius 3 is 2.79 bits per heavy atom. The molecule has 9 nitrogen and oxygen atoms in total. The summed E-state index contributed by atoms with van der Waals surface area (Å²) in [6.07, 6.45) is 1.18. The fourth-order valence-electron chi connectivity index (χ4n) is 5.57. The molecule has 1 atom stereocenters. The van der Waals surface area contributed by atoms with Crippen molar-refractivity contribution in [2.75, 3.05) is 19.7 Å². The Labute approximate surface area is 221 Å². The molecule has 0 radical (unpaired) electrons. The molecule has 1 saturated heterocycles. The molecule has 0 unspecified atom stereocenters. The normalized spacial score (nSPS) is 17.5. The van der Waals surface area contributed by atoms with Crippen molar-refractivity contribution >= 4 is 33.9 Å². The average molecular weight is 516 g/mol. The highest BCUT2D eigenvalue weighted by Gasteiger charge is 2.28. The maximum atomic E-state index is 13.5. The van der Waals surface area contributed by atoms with Gasteiger partial charge in [0.2, 0.25) is 0 Å². The van der Waals surface area contributed by atoms with Crippen molar-refractivity contribution in [1.29, 1.82) is 0 Å². The summed E-state index contributed by atoms with van der Waals surface area (Å²) in [5.41, 5.74) is 3.90. The zero-order chi connectivity index (χ0) is 26.6. The fraction of sp³-hybridized carbons (Fsp3) is 0.414. The molecule has 4 heterocycles. The highest BCUT2D eigenvalue weighted by molar-refractivity contribution is 5.98. The topological polar surface area (TPSA) is 90.6 Å². The van der Waals surface area contributed by atoms with Gasteiger partial charge in [0, 0.05) is 37.1 Å². The molecule has 0 saturated carbocycles. The molecule has 1 fully saturated rings. The summed E-state index contributed by atoms with van der Waals surface area (Å²) in [6.45, 7) is 8.00. The lowest BCUT2D eigenvalue weighted by Gasteiger charge is -2.33. The van der Waals surface area contributed by atoms with Gasteiger partial charge in [-0.1, -0.05) is 12.1 Å². The van der Waals surface area contributed by atoms with E-state index in [2.05, 4.69) is 26.6 Å². The molecule has 2 aromatic carbocycles. The Morgan fingerprint density at radius 1 is 1.13 bits per heavy atom. The van der Waals surface area contributed by atoms with Gasteiger partial charge < -0.3 is 28.8 Å². The van der Waals surface area contributed by atoms with Crippen LogP contribution in [0.25, 0.3) is 33.5 Å². The van der Waals surface area contributed by atoms with E-state index in [1.54, 1.807) is 0 Å². The largest absolute Gasteiger partial charge is 0.490 e. The number of carbonyl (C=O) groups is 2. The molecule has 4 aromatic rings. The van der Waals surface area contributed by atoms with Crippen LogP contribution < -0.4 is 10.1 Å². The summed E-state index contributed by atoms with van der Waals surface area (Å²) in [5.74, 6) is 1.70. The van der Waals surface area contributed by atoms with E-state index in [9.17, 15) is 9.59 Å². The maximum Gasteiger partial charge on any atom is 0.407 e. The fourth-order valence-corrected chi connectivity index (χ4v) is 5.57. The van der Waals surface area contributed by atoms with E-state index < -0.39 is 11.7 Å². The number of nitrogens with one attached hydrogen (secondary N) is 1. The van der Waals surface area contributed by atoms with E-state index in [0.29, 0.717) is 25.3 Å². The van der Waals surface area contributed by atoms with E-state index in [1.165, 1.54) is 0 Å². The highest BCUT2D eigenvalue weighted by Crippen LogP contribution is 2.36. The van der Waals surface area contributed by atoms with E-state index in [0.717, 1.165) is 58.6 Å². The molecule has 2 aliphatic rings. The molecule has 9 heteroatoms. The van der Waals surface area contributed by atoms with Gasteiger partial charge in [0.15, 0.2) is 5.82 Å². The first-order chi connectivity index (χ1) is 18.2. The van der Waals surface area contributed by atoms with Gasteiger partial charge in [-0.25, -0.2) is 9.78 Å². The van der Waals surface area contributed by atoms with Crippen LogP contribution in [-0.2, 0) is 18.3 Å². The number of imidazole rings is 1. The van der Waals surface area contributed by atoms with Crippen molar-refractivity contribution in [2.24, 2.45) is 7.05 Å². The number of rotatable bonds is 3. The van der Waals surface area contributed by atoms with Crippen LogP contribution in [0.4, 0.5) is 4.79 Å². The number of hydrogen-bond acceptors (Lipinski definition) is 5. The molecular formula is C29H33N5O4. The number of likely N-dealkylation sites (tertiary alicyclic amines) is 1. The summed E-state index contributed by atoms with van der Waals surface area (Å²) in [5, 5.41) is 4.04. The Hall–Kier alpha value is -4.01. The number of carbonyl (C=O) groups excluding carboxylic acids is 2. The van der Waals surface area contributed by atoms with Gasteiger partial charge >= 0.3 is 6.09 Å². The first-order valence-corrected chi connectivity index (χ1v) is 13.2. The average Bonchev–Trinajstić information content (AvgIpc) is 3.41. The highest BCUT2D eigenvalue weighted by atomic mass is 16.6. The smallest absolute Gasteiger partial charge is 0.407 e. The van der Waals surface area contributed by atoms with Crippen LogP contribution in [0.15, 0.2) is 42.5 Å². The number of hydrogen-bond donors (Lipinski definition) is 1. The predicted octanol–water partition coefficient (Wildman–Crippen LogP) is 4.72. The van der Waals surface area contributed by atoms with Gasteiger partial charge in [-0.3, -0.25) is 4.79 Å². The minimum atomic E-state index is -0.563. The van der Waals surface area contributed by atoms with Crippen LogP contribution in [-0.4, -0.2) is 62.4 Å². The van der Waals surface area contributed by atoms with Crippen LogP contribution >= 0.6 is 0 Å². The van der Waals surface area contributed by atoms with Crippen LogP contribution in [0, 0.1) is 0 Å². The number of aromatic nitrogens is 3. The lowest BCUT2D eigenvalue weighted by molar-refractivity contribution is 0.0452. The lowest BCUT2D eigenvalue weighted by atomic mass is 10.0. The minimum absolute atomic E-state index is 0.0555. The Kier molecular flexibility index (Phi) is 5.81. The van der Waals surface area contributed by atoms with Crippen LogP contribution in [0.2, 0.25) is 0 Å². The van der Waals surface area contributed by atoms with Gasteiger partial charge in [-0.2, -0.15) is 0 Å². The van der Waals surface area contributed by atoms with Crippen LogP contribution in [0.1, 0.15) is 44.0 Å². The zero-order valence-corrected chi connectivity index (χ0v) is 22.3. The molecule has 0 aliphatic carbocycles. The number of fused-ring (bicyclic) bond motifs is 1. The second-order valence-corrected chi connectivity index (χ2v) is 11.2. The van der Waals surface area contributed by atoms with Crippen molar-refractivity contribution in [3.8, 4) is 17.3 Å². The Morgan fingerprint density at radius 2 is 1.97 bits per heavy atom. The first kappa shape index (κ1) is 24.3. The summed E-state index contributed by atoms with van der Waals surface area (Å²) in [4.78, 5) is 32.5. The quantitative estimate of drug-likeness (QED) is 0.427. The van der Waals surface area contributed by atoms with Gasteiger partial charge in [0.25, 0.3) is 5.91 Å². The molecule has 38 heavy (non-hydrogen) atoms. The van der Waals surface area contributed by atoms with Crippen molar-refractivity contribution in [2.45, 2.75) is 51.8 Å². The van der Waals surface area contributed by atoms with Crippen LogP contribution in [0.5, 0.6) is 5.75 Å². The molecule has 2 aliphatic heterocycles. The number of alkyl carbamates (subject to hydrolysis) is 1. The number of piperidine rings is 1. The molecule has 6 rings (SSSR count). The monoisotopic (exact) mass is 515 g/mol. The standard InChI is InChI=1S/C29H33N5O4/c1-29(2,3)38-28(36)30-20-8-6-12-33(17-20)27(35)19-10-11-22-21(15-19)31-26(32(22)4)23-16-18-7-5-9-24-25(18)34(23)13-14-37-24/h5,7,9-11,15-16,20H,6,8,12-14,17H2,1-4H3,(H,30,36)/t20-/m1/s1. The van der Waals surface area contributed by atoms with Gasteiger partial charge in [0.1, 0.15) is 18.0 Å². The number of aryl methyl sites for hydroxylation is 1. The number of ether oxygens (including phenoxy) is 2. The molecule has 198 valence electrons. The van der Waals surface area contributed by atoms with E-state index in [4.69, 9.17) is 14.5 Å². The van der Waals surface area contributed by atoms with E-state index in [1.807, 2.05) is 63.1 Å².